The van der Waals surface area contributed by atoms with Gasteiger partial charge >= 0.3 is 52.6 Å². The Bertz CT molecular complexity index is 95.6. The van der Waals surface area contributed by atoms with Gasteiger partial charge in [0.1, 0.15) is 0 Å². The Morgan fingerprint density at radius 2 is 1.38 bits per heavy atom. The monoisotopic (exact) mass is 160 g/mol. The molecule has 8 heavy (non-hydrogen) atoms. The van der Waals surface area contributed by atoms with Crippen LogP contribution in [0.25, 0.3) is 0 Å². The summed E-state index contributed by atoms with van der Waals surface area (Å²) in [4.78, 5) is 0. The maximum absolute atomic E-state index is 8.63. The van der Waals surface area contributed by atoms with Gasteiger partial charge in [0, 0.05) is 0 Å². The van der Waals surface area contributed by atoms with Gasteiger partial charge in [-0.2, -0.15) is 0 Å². The van der Waals surface area contributed by atoms with E-state index in [4.69, 9.17) is 17.5 Å². The number of hydrogen-bond acceptors (Lipinski definition) is 3. The average molecular weight is 160 g/mol. The van der Waals surface area contributed by atoms with Crippen LogP contribution in [0.15, 0.2) is 0 Å². The molecule has 0 aromatic carbocycles. The van der Waals surface area contributed by atoms with Crippen LogP contribution in [0.2, 0.25) is 0 Å². The van der Waals surface area contributed by atoms with Crippen LogP contribution in [0.3, 0.4) is 0 Å². The third kappa shape index (κ3) is 130. The summed E-state index contributed by atoms with van der Waals surface area (Å²) in [7, 11) is -4.92. The van der Waals surface area contributed by atoms with E-state index < -0.39 is 10.4 Å². The molecule has 0 aromatic rings. The van der Waals surface area contributed by atoms with Crippen molar-refractivity contribution in [3.63, 3.8) is 0 Å². The SMILES string of the molecule is O=S(=O)([O-])O.[Mg+2].[Na+].[O-2]. The van der Waals surface area contributed by atoms with Crippen LogP contribution in [-0.4, -0.2) is 40.6 Å². The zero-order valence-electron chi connectivity index (χ0n) is 4.20. The van der Waals surface area contributed by atoms with Gasteiger partial charge in [-0.25, -0.2) is 8.42 Å². The van der Waals surface area contributed by atoms with Gasteiger partial charge in [-0.05, 0) is 0 Å². The van der Waals surface area contributed by atoms with E-state index in [1.54, 1.807) is 0 Å². The normalized spacial score (nSPS) is 7.25. The minimum absolute atomic E-state index is 0. The predicted octanol–water partition coefficient (Wildman–Crippen LogP) is -4.49. The molecule has 0 fully saturated rings. The molecule has 0 saturated carbocycles. The number of hydrogen-bond donors (Lipinski definition) is 1. The van der Waals surface area contributed by atoms with Crippen molar-refractivity contribution in [3.8, 4) is 0 Å². The van der Waals surface area contributed by atoms with Crippen LogP contribution in [0.5, 0.6) is 0 Å². The van der Waals surface area contributed by atoms with Crippen molar-refractivity contribution in [1.29, 1.82) is 0 Å². The van der Waals surface area contributed by atoms with Gasteiger partial charge in [0.05, 0.1) is 0 Å². The Balaban J connectivity index is -0.0000000267. The summed E-state index contributed by atoms with van der Waals surface area (Å²) in [5.74, 6) is 0. The molecule has 0 aromatic heterocycles. The van der Waals surface area contributed by atoms with Gasteiger partial charge in [-0.1, -0.05) is 0 Å². The van der Waals surface area contributed by atoms with Crippen molar-refractivity contribution < 1.29 is 52.6 Å². The smallest absolute Gasteiger partial charge is 2.00 e. The van der Waals surface area contributed by atoms with Crippen LogP contribution in [0.4, 0.5) is 0 Å². The maximum atomic E-state index is 8.63. The molecule has 0 aliphatic carbocycles. The molecule has 0 aliphatic heterocycles. The fourth-order valence-electron chi connectivity index (χ4n) is 0. The molecule has 0 saturated heterocycles. The summed E-state index contributed by atoms with van der Waals surface area (Å²) < 4.78 is 32.8. The topological polar surface area (TPSA) is 106 Å². The third-order valence-electron chi connectivity index (χ3n) is 0. The Morgan fingerprint density at radius 1 is 1.38 bits per heavy atom. The zero-order valence-corrected chi connectivity index (χ0v) is 8.43. The molecule has 8 heteroatoms. The Kier molecular flexibility index (Phi) is 24.3. The first-order valence-electron chi connectivity index (χ1n) is 0.683. The second-order valence-electron chi connectivity index (χ2n) is 0.428. The van der Waals surface area contributed by atoms with Crippen LogP contribution in [0, 0.1) is 0 Å². The molecule has 5 nitrogen and oxygen atoms in total. The summed E-state index contributed by atoms with van der Waals surface area (Å²) >= 11 is 0. The first-order valence-corrected chi connectivity index (χ1v) is 2.05. The van der Waals surface area contributed by atoms with E-state index in [0.29, 0.717) is 0 Å². The average Bonchev–Trinajstić information content (AvgIpc) is 0.722. The van der Waals surface area contributed by atoms with Gasteiger partial charge in [0.25, 0.3) is 0 Å². The molecule has 0 rings (SSSR count). The maximum Gasteiger partial charge on any atom is 2.00 e. The van der Waals surface area contributed by atoms with E-state index in [-0.39, 0.29) is 58.1 Å². The summed E-state index contributed by atoms with van der Waals surface area (Å²) in [5, 5.41) is 0. The molecule has 0 amide bonds. The molecule has 40 valence electrons. The quantitative estimate of drug-likeness (QED) is 0.219. The Morgan fingerprint density at radius 3 is 1.38 bits per heavy atom. The largest absolute Gasteiger partial charge is 2.00 e. The summed E-state index contributed by atoms with van der Waals surface area (Å²) in [6.45, 7) is 0. The van der Waals surface area contributed by atoms with Gasteiger partial charge in [0.15, 0.2) is 0 Å². The van der Waals surface area contributed by atoms with E-state index in [2.05, 4.69) is 0 Å². The van der Waals surface area contributed by atoms with Crippen LogP contribution >= 0.6 is 0 Å². The molecule has 1 N–H and O–H groups in total. The Labute approximate surface area is 85.2 Å². The van der Waals surface area contributed by atoms with E-state index >= 15 is 0 Å². The Hall–Kier alpha value is 1.60. The van der Waals surface area contributed by atoms with Crippen molar-refractivity contribution >= 4 is 33.5 Å². The second-order valence-corrected chi connectivity index (χ2v) is 1.28. The van der Waals surface area contributed by atoms with Gasteiger partial charge in [0.2, 0.25) is 10.4 Å². The second kappa shape index (κ2) is 8.60. The van der Waals surface area contributed by atoms with Gasteiger partial charge in [-0.15, -0.1) is 0 Å². The van der Waals surface area contributed by atoms with Gasteiger partial charge < -0.3 is 10.0 Å². The molecule has 0 radical (unpaired) electrons. The van der Waals surface area contributed by atoms with Crippen molar-refractivity contribution in [2.45, 2.75) is 0 Å². The molecule has 0 bridgehead atoms. The fraction of sp³-hybridized carbons (Fsp3) is 0. The molecular formula is HMgNaO5S. The van der Waals surface area contributed by atoms with E-state index in [1.165, 1.54) is 0 Å². The predicted molar refractivity (Wildman–Crippen MR) is 18.8 cm³/mol. The third-order valence-corrected chi connectivity index (χ3v) is 0. The first-order chi connectivity index (χ1) is 2.00. The molecule has 0 spiro atoms. The first kappa shape index (κ1) is 22.6. The summed E-state index contributed by atoms with van der Waals surface area (Å²) in [6, 6.07) is 0. The van der Waals surface area contributed by atoms with E-state index in [0.717, 1.165) is 0 Å². The fourth-order valence-corrected chi connectivity index (χ4v) is 0. The molecule has 0 aliphatic rings. The molecule has 0 unspecified atom stereocenters. The molecule has 0 heterocycles. The molecular weight excluding hydrogens is 159 g/mol. The summed E-state index contributed by atoms with van der Waals surface area (Å²) in [6.07, 6.45) is 0. The van der Waals surface area contributed by atoms with Crippen LogP contribution in [0.1, 0.15) is 0 Å². The van der Waals surface area contributed by atoms with Crippen molar-refractivity contribution in [2.75, 3.05) is 0 Å². The zero-order chi connectivity index (χ0) is 4.50. The van der Waals surface area contributed by atoms with Crippen LogP contribution in [-0.2, 0) is 15.9 Å². The van der Waals surface area contributed by atoms with E-state index in [1.807, 2.05) is 0 Å². The van der Waals surface area contributed by atoms with Crippen molar-refractivity contribution in [1.82, 2.24) is 0 Å². The van der Waals surface area contributed by atoms with Crippen molar-refractivity contribution in [3.05, 3.63) is 0 Å². The summed E-state index contributed by atoms with van der Waals surface area (Å²) in [5.41, 5.74) is 0. The van der Waals surface area contributed by atoms with Gasteiger partial charge in [-0.3, -0.25) is 4.55 Å². The molecule has 0 atom stereocenters. The van der Waals surface area contributed by atoms with Crippen LogP contribution < -0.4 is 29.6 Å². The number of rotatable bonds is 0. The van der Waals surface area contributed by atoms with E-state index in [9.17, 15) is 0 Å². The van der Waals surface area contributed by atoms with Crippen molar-refractivity contribution in [2.24, 2.45) is 0 Å². The minimum Gasteiger partial charge on any atom is -2.00 e. The standard InChI is InChI=1S/Mg.Na.H2O4S.O/c;;1-5(2,3)4;/h;;(H2,1,2,3,4);/q+2;+1;;-2/p-1. The minimum atomic E-state index is -4.92.